The van der Waals surface area contributed by atoms with E-state index in [2.05, 4.69) is 5.32 Å². The van der Waals surface area contributed by atoms with Crippen LogP contribution < -0.4 is 5.32 Å². The summed E-state index contributed by atoms with van der Waals surface area (Å²) < 4.78 is 25.3. The van der Waals surface area contributed by atoms with Crippen molar-refractivity contribution in [3.63, 3.8) is 0 Å². The molecule has 0 aliphatic carbocycles. The fraction of sp³-hybridized carbons (Fsp3) is 0.300. The molecule has 2 aromatic rings. The number of sulfonamides is 1. The Hall–Kier alpha value is -2.71. The van der Waals surface area contributed by atoms with Crippen molar-refractivity contribution in [1.29, 1.82) is 0 Å². The number of aryl methyl sites for hydroxylation is 1. The number of carbonyl (C=O) groups is 2. The number of nitrogens with one attached hydrogen (secondary N) is 1. The van der Waals surface area contributed by atoms with Gasteiger partial charge in [-0.25, -0.2) is 8.42 Å². The predicted molar refractivity (Wildman–Crippen MR) is 110 cm³/mol. The quantitative estimate of drug-likeness (QED) is 0.767. The molecule has 7 nitrogen and oxygen atoms in total. The molecule has 0 saturated carbocycles. The summed E-state index contributed by atoms with van der Waals surface area (Å²) in [5, 5.41) is 2.66. The Morgan fingerprint density at radius 3 is 2.04 bits per heavy atom. The molecule has 0 heterocycles. The molecule has 0 bridgehead atoms. The highest BCUT2D eigenvalue weighted by Crippen LogP contribution is 2.13. The zero-order valence-electron chi connectivity index (χ0n) is 16.5. The Bertz CT molecular complexity index is 936. The van der Waals surface area contributed by atoms with E-state index in [1.54, 1.807) is 38.4 Å². The molecule has 0 fully saturated rings. The van der Waals surface area contributed by atoms with Crippen LogP contribution in [0.25, 0.3) is 0 Å². The summed E-state index contributed by atoms with van der Waals surface area (Å²) in [6.07, 6.45) is 1.08. The molecule has 0 aliphatic heterocycles. The van der Waals surface area contributed by atoms with Crippen LogP contribution in [0.5, 0.6) is 0 Å². The van der Waals surface area contributed by atoms with E-state index in [-0.39, 0.29) is 19.0 Å². The summed E-state index contributed by atoms with van der Waals surface area (Å²) in [5.74, 6) is -0.594. The van der Waals surface area contributed by atoms with Crippen molar-refractivity contribution < 1.29 is 18.0 Å². The van der Waals surface area contributed by atoms with Crippen molar-refractivity contribution in [1.82, 2.24) is 9.21 Å². The van der Waals surface area contributed by atoms with E-state index in [0.29, 0.717) is 11.3 Å². The summed E-state index contributed by atoms with van der Waals surface area (Å²) in [6.45, 7) is 1.76. The van der Waals surface area contributed by atoms with Gasteiger partial charge in [-0.2, -0.15) is 4.31 Å². The molecule has 1 N–H and O–H groups in total. The Labute approximate surface area is 166 Å². The molecule has 0 saturated heterocycles. The molecule has 2 rings (SSSR count). The SMILES string of the molecule is Cc1ccc(CN(CC(=O)Nc2ccc(C(=O)N(C)C)cc2)S(C)(=O)=O)cc1. The number of hydrogen-bond acceptors (Lipinski definition) is 4. The predicted octanol–water partition coefficient (Wildman–Crippen LogP) is 2.10. The first-order valence-corrected chi connectivity index (χ1v) is 10.5. The van der Waals surface area contributed by atoms with E-state index in [4.69, 9.17) is 0 Å². The molecule has 2 amide bonds. The largest absolute Gasteiger partial charge is 0.345 e. The van der Waals surface area contributed by atoms with Gasteiger partial charge in [-0.3, -0.25) is 9.59 Å². The van der Waals surface area contributed by atoms with Gasteiger partial charge in [0, 0.05) is 31.9 Å². The van der Waals surface area contributed by atoms with Gasteiger partial charge in [-0.05, 0) is 36.8 Å². The standard InChI is InChI=1S/C20H25N3O4S/c1-15-5-7-16(8-6-15)13-23(28(4,26)27)14-19(24)21-18-11-9-17(10-12-18)20(25)22(2)3/h5-12H,13-14H2,1-4H3,(H,21,24). The average molecular weight is 404 g/mol. The third kappa shape index (κ3) is 6.17. The van der Waals surface area contributed by atoms with Crippen LogP contribution >= 0.6 is 0 Å². The molecule has 150 valence electrons. The number of carbonyl (C=O) groups excluding carboxylic acids is 2. The minimum atomic E-state index is -3.57. The van der Waals surface area contributed by atoms with E-state index in [1.807, 2.05) is 31.2 Å². The van der Waals surface area contributed by atoms with Crippen molar-refractivity contribution >= 4 is 27.5 Å². The van der Waals surface area contributed by atoms with Crippen LogP contribution in [0.3, 0.4) is 0 Å². The first kappa shape index (κ1) is 21.6. The maximum Gasteiger partial charge on any atom is 0.253 e. The molecule has 8 heteroatoms. The minimum Gasteiger partial charge on any atom is -0.345 e. The van der Waals surface area contributed by atoms with Crippen molar-refractivity contribution in [3.8, 4) is 0 Å². The van der Waals surface area contributed by atoms with Gasteiger partial charge < -0.3 is 10.2 Å². The molecular weight excluding hydrogens is 378 g/mol. The molecule has 0 aliphatic rings. The summed E-state index contributed by atoms with van der Waals surface area (Å²) in [4.78, 5) is 25.7. The Morgan fingerprint density at radius 1 is 0.964 bits per heavy atom. The van der Waals surface area contributed by atoms with Gasteiger partial charge >= 0.3 is 0 Å². The van der Waals surface area contributed by atoms with E-state index in [9.17, 15) is 18.0 Å². The van der Waals surface area contributed by atoms with Crippen LogP contribution in [-0.2, 0) is 21.4 Å². The second kappa shape index (κ2) is 8.99. The molecule has 28 heavy (non-hydrogen) atoms. The maximum absolute atomic E-state index is 12.3. The van der Waals surface area contributed by atoms with Gasteiger partial charge in [0.15, 0.2) is 0 Å². The minimum absolute atomic E-state index is 0.114. The zero-order chi connectivity index (χ0) is 20.9. The number of amides is 2. The van der Waals surface area contributed by atoms with E-state index >= 15 is 0 Å². The van der Waals surface area contributed by atoms with Gasteiger partial charge in [0.25, 0.3) is 5.91 Å². The Morgan fingerprint density at radius 2 is 1.54 bits per heavy atom. The second-order valence-electron chi connectivity index (χ2n) is 6.84. The number of hydrogen-bond donors (Lipinski definition) is 1. The van der Waals surface area contributed by atoms with Crippen LogP contribution in [0.1, 0.15) is 21.5 Å². The molecule has 0 atom stereocenters. The highest BCUT2D eigenvalue weighted by Gasteiger charge is 2.20. The first-order chi connectivity index (χ1) is 13.1. The molecule has 0 unspecified atom stereocenters. The van der Waals surface area contributed by atoms with Crippen LogP contribution in [-0.4, -0.2) is 56.3 Å². The van der Waals surface area contributed by atoms with Gasteiger partial charge in [0.05, 0.1) is 12.8 Å². The van der Waals surface area contributed by atoms with Crippen molar-refractivity contribution in [2.45, 2.75) is 13.5 Å². The fourth-order valence-corrected chi connectivity index (χ4v) is 3.24. The lowest BCUT2D eigenvalue weighted by Gasteiger charge is -2.20. The van der Waals surface area contributed by atoms with Crippen LogP contribution in [0.15, 0.2) is 48.5 Å². The highest BCUT2D eigenvalue weighted by atomic mass is 32.2. The lowest BCUT2D eigenvalue weighted by Crippen LogP contribution is -2.36. The van der Waals surface area contributed by atoms with Crippen LogP contribution in [0.4, 0.5) is 5.69 Å². The van der Waals surface area contributed by atoms with Gasteiger partial charge in [0.2, 0.25) is 15.9 Å². The van der Waals surface area contributed by atoms with E-state index in [0.717, 1.165) is 21.7 Å². The van der Waals surface area contributed by atoms with Crippen molar-refractivity contribution in [2.24, 2.45) is 0 Å². The monoisotopic (exact) mass is 403 g/mol. The molecule has 0 spiro atoms. The summed E-state index contributed by atoms with van der Waals surface area (Å²) >= 11 is 0. The van der Waals surface area contributed by atoms with Gasteiger partial charge in [-0.15, -0.1) is 0 Å². The number of anilines is 1. The van der Waals surface area contributed by atoms with Crippen LogP contribution in [0.2, 0.25) is 0 Å². The number of nitrogens with zero attached hydrogens (tertiary/aromatic N) is 2. The smallest absolute Gasteiger partial charge is 0.253 e. The molecule has 2 aromatic carbocycles. The van der Waals surface area contributed by atoms with Crippen molar-refractivity contribution in [3.05, 3.63) is 65.2 Å². The normalized spacial score (nSPS) is 11.3. The summed E-state index contributed by atoms with van der Waals surface area (Å²) in [5.41, 5.74) is 2.86. The fourth-order valence-electron chi connectivity index (χ4n) is 2.50. The summed E-state index contributed by atoms with van der Waals surface area (Å²) in [7, 11) is -0.249. The third-order valence-electron chi connectivity index (χ3n) is 4.09. The second-order valence-corrected chi connectivity index (χ2v) is 8.82. The van der Waals surface area contributed by atoms with Crippen molar-refractivity contribution in [2.75, 3.05) is 32.2 Å². The molecule has 0 radical (unpaired) electrons. The van der Waals surface area contributed by atoms with Crippen LogP contribution in [0, 0.1) is 6.92 Å². The average Bonchev–Trinajstić information content (AvgIpc) is 2.62. The lowest BCUT2D eigenvalue weighted by atomic mass is 10.1. The molecular formula is C20H25N3O4S. The Balaban J connectivity index is 2.05. The zero-order valence-corrected chi connectivity index (χ0v) is 17.3. The maximum atomic E-state index is 12.3. The first-order valence-electron chi connectivity index (χ1n) is 8.68. The van der Waals surface area contributed by atoms with Gasteiger partial charge in [-0.1, -0.05) is 29.8 Å². The van der Waals surface area contributed by atoms with E-state index in [1.165, 1.54) is 4.90 Å². The van der Waals surface area contributed by atoms with Gasteiger partial charge in [0.1, 0.15) is 0 Å². The Kier molecular flexibility index (Phi) is 6.93. The number of benzene rings is 2. The topological polar surface area (TPSA) is 86.8 Å². The lowest BCUT2D eigenvalue weighted by molar-refractivity contribution is -0.116. The number of rotatable bonds is 7. The highest BCUT2D eigenvalue weighted by molar-refractivity contribution is 7.88. The van der Waals surface area contributed by atoms with E-state index < -0.39 is 15.9 Å². The molecule has 0 aromatic heterocycles. The third-order valence-corrected chi connectivity index (χ3v) is 5.29. The summed E-state index contributed by atoms with van der Waals surface area (Å²) in [6, 6.07) is 13.9.